The van der Waals surface area contributed by atoms with Gasteiger partial charge in [-0.05, 0) is 20.3 Å². The first-order chi connectivity index (χ1) is 9.13. The lowest BCUT2D eigenvalue weighted by Crippen LogP contribution is -2.30. The van der Waals surface area contributed by atoms with Gasteiger partial charge in [0.2, 0.25) is 0 Å². The molecule has 2 heterocycles. The molecule has 0 N–H and O–H groups in total. The third-order valence-electron chi connectivity index (χ3n) is 3.20. The number of nitriles is 1. The van der Waals surface area contributed by atoms with E-state index in [-0.39, 0.29) is 0 Å². The van der Waals surface area contributed by atoms with Crippen molar-refractivity contribution in [1.29, 1.82) is 5.26 Å². The zero-order valence-corrected chi connectivity index (χ0v) is 13.0. The van der Waals surface area contributed by atoms with Gasteiger partial charge in [-0.3, -0.25) is 9.58 Å². The lowest BCUT2D eigenvalue weighted by Gasteiger charge is -2.23. The molecule has 0 spiro atoms. The third kappa shape index (κ3) is 3.71. The second-order valence-corrected chi connectivity index (χ2v) is 5.06. The second-order valence-electron chi connectivity index (χ2n) is 4.68. The molecule has 1 aromatic heterocycles. The molecule has 0 bridgehead atoms. The van der Waals surface area contributed by atoms with Crippen LogP contribution in [0, 0.1) is 11.3 Å². The molecular formula is C14H23ClN4. The van der Waals surface area contributed by atoms with Crippen LogP contribution in [0.4, 0.5) is 0 Å². The maximum Gasteiger partial charge on any atom is 0.0954 e. The Kier molecular flexibility index (Phi) is 6.33. The molecule has 2 rings (SSSR count). The highest BCUT2D eigenvalue weighted by molar-refractivity contribution is 6.31. The number of halogens is 1. The van der Waals surface area contributed by atoms with Crippen LogP contribution in [0.3, 0.4) is 0 Å². The van der Waals surface area contributed by atoms with Gasteiger partial charge in [-0.2, -0.15) is 10.4 Å². The van der Waals surface area contributed by atoms with Crippen molar-refractivity contribution in [2.75, 3.05) is 6.54 Å². The van der Waals surface area contributed by atoms with Crippen molar-refractivity contribution in [3.8, 4) is 6.07 Å². The average molecular weight is 283 g/mol. The molecule has 0 saturated heterocycles. The summed E-state index contributed by atoms with van der Waals surface area (Å²) in [5.41, 5.74) is 1.78. The smallest absolute Gasteiger partial charge is 0.0954 e. The summed E-state index contributed by atoms with van der Waals surface area (Å²) >= 11 is 6.30. The van der Waals surface area contributed by atoms with E-state index in [1.54, 1.807) is 0 Å². The fourth-order valence-electron chi connectivity index (χ4n) is 2.19. The quantitative estimate of drug-likeness (QED) is 0.836. The van der Waals surface area contributed by atoms with E-state index in [2.05, 4.69) is 29.9 Å². The lowest BCUT2D eigenvalue weighted by molar-refractivity contribution is 0.216. The molecule has 0 unspecified atom stereocenters. The number of hydrogen-bond donors (Lipinski definition) is 0. The van der Waals surface area contributed by atoms with Crippen molar-refractivity contribution in [3.05, 3.63) is 16.4 Å². The van der Waals surface area contributed by atoms with Gasteiger partial charge in [0.1, 0.15) is 0 Å². The molecule has 106 valence electrons. The Hall–Kier alpha value is -1.05. The Morgan fingerprint density at radius 1 is 1.37 bits per heavy atom. The van der Waals surface area contributed by atoms with E-state index < -0.39 is 0 Å². The number of nitrogens with zero attached hydrogens (tertiary/aromatic N) is 4. The van der Waals surface area contributed by atoms with Gasteiger partial charge in [-0.1, -0.05) is 25.4 Å². The highest BCUT2D eigenvalue weighted by Gasteiger charge is 2.22. The molecule has 0 fully saturated rings. The molecule has 0 aliphatic carbocycles. The minimum Gasteiger partial charge on any atom is -0.295 e. The maximum absolute atomic E-state index is 8.73. The summed E-state index contributed by atoms with van der Waals surface area (Å²) in [5.74, 6) is 0. The van der Waals surface area contributed by atoms with Gasteiger partial charge in [0.05, 0.1) is 28.9 Å². The molecule has 0 amide bonds. The van der Waals surface area contributed by atoms with E-state index >= 15 is 0 Å². The molecule has 0 aromatic carbocycles. The summed E-state index contributed by atoms with van der Waals surface area (Å²) in [6.45, 7) is 11.2. The van der Waals surface area contributed by atoms with Gasteiger partial charge in [0.15, 0.2) is 0 Å². The van der Waals surface area contributed by atoms with Crippen molar-refractivity contribution < 1.29 is 0 Å². The van der Waals surface area contributed by atoms with Gasteiger partial charge < -0.3 is 0 Å². The predicted octanol–water partition coefficient (Wildman–Crippen LogP) is 3.24. The van der Waals surface area contributed by atoms with E-state index in [9.17, 15) is 0 Å². The fraction of sp³-hybridized carbons (Fsp3) is 0.714. The zero-order chi connectivity index (χ0) is 14.4. The Bertz CT molecular complexity index is 445. The summed E-state index contributed by atoms with van der Waals surface area (Å²) in [6.07, 6.45) is 1.37. The van der Waals surface area contributed by atoms with Crippen LogP contribution in [0.2, 0.25) is 5.02 Å². The fourth-order valence-corrected chi connectivity index (χ4v) is 2.45. The molecule has 5 heteroatoms. The van der Waals surface area contributed by atoms with Gasteiger partial charge >= 0.3 is 0 Å². The number of aromatic nitrogens is 2. The Balaban J connectivity index is 0.000000861. The van der Waals surface area contributed by atoms with E-state index in [4.69, 9.17) is 16.9 Å². The van der Waals surface area contributed by atoms with E-state index in [1.807, 2.05) is 18.5 Å². The summed E-state index contributed by atoms with van der Waals surface area (Å²) in [4.78, 5) is 2.39. The third-order valence-corrected chi connectivity index (χ3v) is 3.64. The molecule has 0 atom stereocenters. The number of aryl methyl sites for hydroxylation is 1. The topological polar surface area (TPSA) is 44.9 Å². The normalized spacial score (nSPS) is 15.2. The van der Waals surface area contributed by atoms with E-state index in [0.29, 0.717) is 17.5 Å². The van der Waals surface area contributed by atoms with Gasteiger partial charge in [-0.15, -0.1) is 0 Å². The minimum atomic E-state index is 0.292. The van der Waals surface area contributed by atoms with Crippen molar-refractivity contribution in [2.24, 2.45) is 0 Å². The summed E-state index contributed by atoms with van der Waals surface area (Å²) in [5, 5.41) is 13.8. The van der Waals surface area contributed by atoms with E-state index in [1.165, 1.54) is 0 Å². The van der Waals surface area contributed by atoms with Crippen molar-refractivity contribution in [2.45, 2.75) is 59.7 Å². The van der Waals surface area contributed by atoms with Crippen LogP contribution >= 0.6 is 11.6 Å². The monoisotopic (exact) mass is 282 g/mol. The number of rotatable bonds is 2. The summed E-state index contributed by atoms with van der Waals surface area (Å²) < 4.78 is 1.97. The van der Waals surface area contributed by atoms with Crippen LogP contribution in [-0.2, 0) is 19.5 Å². The van der Waals surface area contributed by atoms with Crippen molar-refractivity contribution in [1.82, 2.24) is 14.7 Å². The highest BCUT2D eigenvalue weighted by atomic mass is 35.5. The largest absolute Gasteiger partial charge is 0.295 e. The van der Waals surface area contributed by atoms with Gasteiger partial charge in [0, 0.05) is 25.7 Å². The van der Waals surface area contributed by atoms with Crippen LogP contribution in [-0.4, -0.2) is 27.3 Å². The molecule has 0 radical (unpaired) electrons. The second kappa shape index (κ2) is 7.52. The Morgan fingerprint density at radius 3 is 2.63 bits per heavy atom. The van der Waals surface area contributed by atoms with Crippen molar-refractivity contribution >= 4 is 11.6 Å². The molecular weight excluding hydrogens is 260 g/mol. The molecule has 1 aliphatic heterocycles. The number of hydrogen-bond acceptors (Lipinski definition) is 3. The Labute approximate surface area is 121 Å². The number of fused-ring (bicyclic) bond motifs is 1. The standard InChI is InChI=1S/C12H17ClN4.C2H6/c1-9(2)16-6-3-7-17-11(8-16)12(13)10(15-17)4-5-14;1-2/h9H,3-4,6-8H2,1-2H3;1-2H3. The van der Waals surface area contributed by atoms with Crippen LogP contribution in [0.5, 0.6) is 0 Å². The molecule has 1 aromatic rings. The molecule has 0 saturated carbocycles. The van der Waals surface area contributed by atoms with Crippen LogP contribution < -0.4 is 0 Å². The van der Waals surface area contributed by atoms with E-state index in [0.717, 1.165) is 37.4 Å². The molecule has 4 nitrogen and oxygen atoms in total. The summed E-state index contributed by atoms with van der Waals surface area (Å²) in [7, 11) is 0. The Morgan fingerprint density at radius 2 is 2.05 bits per heavy atom. The van der Waals surface area contributed by atoms with Crippen LogP contribution in [0.1, 0.15) is 45.5 Å². The lowest BCUT2D eigenvalue weighted by atomic mass is 10.2. The van der Waals surface area contributed by atoms with Crippen LogP contribution in [0.25, 0.3) is 0 Å². The molecule has 19 heavy (non-hydrogen) atoms. The minimum absolute atomic E-state index is 0.292. The average Bonchev–Trinajstić information content (AvgIpc) is 2.59. The van der Waals surface area contributed by atoms with Gasteiger partial charge in [-0.25, -0.2) is 0 Å². The highest BCUT2D eigenvalue weighted by Crippen LogP contribution is 2.25. The molecule has 1 aliphatic rings. The first kappa shape index (κ1) is 16.0. The van der Waals surface area contributed by atoms with Gasteiger partial charge in [0.25, 0.3) is 0 Å². The first-order valence-corrected chi connectivity index (χ1v) is 7.36. The maximum atomic E-state index is 8.73. The predicted molar refractivity (Wildman–Crippen MR) is 78.1 cm³/mol. The van der Waals surface area contributed by atoms with Crippen molar-refractivity contribution in [3.63, 3.8) is 0 Å². The summed E-state index contributed by atoms with van der Waals surface area (Å²) in [6, 6.07) is 2.62. The SMILES string of the molecule is CC.CC(C)N1CCCn2nc(CC#N)c(Cl)c2C1. The zero-order valence-electron chi connectivity index (χ0n) is 12.3. The van der Waals surface area contributed by atoms with Crippen LogP contribution in [0.15, 0.2) is 0 Å². The first-order valence-electron chi connectivity index (χ1n) is 6.98.